The molecule has 0 spiro atoms. The van der Waals surface area contributed by atoms with E-state index in [1.54, 1.807) is 6.07 Å². The first-order chi connectivity index (χ1) is 7.46. The first-order valence-corrected chi connectivity index (χ1v) is 5.12. The fourth-order valence-electron chi connectivity index (χ4n) is 1.26. The minimum absolute atomic E-state index is 0.180. The van der Waals surface area contributed by atoms with Crippen molar-refractivity contribution in [1.29, 1.82) is 0 Å². The Bertz CT molecular complexity index is 548. The maximum absolute atomic E-state index is 11.2. The van der Waals surface area contributed by atoms with Gasteiger partial charge in [0.15, 0.2) is 5.65 Å². The van der Waals surface area contributed by atoms with Crippen molar-refractivity contribution >= 4 is 11.5 Å². The van der Waals surface area contributed by atoms with Crippen LogP contribution in [0.5, 0.6) is 0 Å². The average Bonchev–Trinajstić information content (AvgIpc) is 2.56. The zero-order valence-corrected chi connectivity index (χ0v) is 9.61. The van der Waals surface area contributed by atoms with Crippen LogP contribution in [0.2, 0.25) is 0 Å². The summed E-state index contributed by atoms with van der Waals surface area (Å²) in [6.45, 7) is 7.22. The summed E-state index contributed by atoms with van der Waals surface area (Å²) >= 11 is 0. The van der Waals surface area contributed by atoms with Gasteiger partial charge in [0, 0.05) is 12.6 Å². The monoisotopic (exact) mass is 221 g/mol. The summed E-state index contributed by atoms with van der Waals surface area (Å²) in [7, 11) is 0. The van der Waals surface area contributed by atoms with Crippen LogP contribution in [0.1, 0.15) is 20.8 Å². The maximum atomic E-state index is 11.2. The number of H-pyrrole nitrogens is 1. The molecule has 0 amide bonds. The summed E-state index contributed by atoms with van der Waals surface area (Å²) in [5.74, 6) is 0.724. The van der Waals surface area contributed by atoms with Crippen LogP contribution >= 0.6 is 0 Å². The molecule has 2 aromatic rings. The minimum atomic E-state index is -0.273. The lowest BCUT2D eigenvalue weighted by Gasteiger charge is -2.18. The van der Waals surface area contributed by atoms with Crippen molar-refractivity contribution in [2.45, 2.75) is 20.8 Å². The summed E-state index contributed by atoms with van der Waals surface area (Å²) in [5.41, 5.74) is 0.472. The molecule has 86 valence electrons. The number of aromatic nitrogens is 4. The lowest BCUT2D eigenvalue weighted by molar-refractivity contribution is 0.442. The molecule has 2 rings (SSSR count). The van der Waals surface area contributed by atoms with Crippen molar-refractivity contribution in [2.24, 2.45) is 5.41 Å². The molecular weight excluding hydrogens is 206 g/mol. The third-order valence-electron chi connectivity index (χ3n) is 2.11. The van der Waals surface area contributed by atoms with Crippen molar-refractivity contribution < 1.29 is 0 Å². The van der Waals surface area contributed by atoms with Crippen molar-refractivity contribution in [3.63, 3.8) is 0 Å². The normalized spacial score (nSPS) is 11.9. The Kier molecular flexibility index (Phi) is 2.41. The second kappa shape index (κ2) is 3.62. The van der Waals surface area contributed by atoms with Gasteiger partial charge in [-0.25, -0.2) is 19.3 Å². The van der Waals surface area contributed by atoms with E-state index in [4.69, 9.17) is 0 Å². The largest absolute Gasteiger partial charge is 0.369 e. The molecule has 0 aliphatic rings. The average molecular weight is 221 g/mol. The second-order valence-electron chi connectivity index (χ2n) is 4.95. The van der Waals surface area contributed by atoms with Gasteiger partial charge in [0.2, 0.25) is 0 Å². The molecule has 2 heterocycles. The van der Waals surface area contributed by atoms with Gasteiger partial charge in [0.05, 0.1) is 0 Å². The SMILES string of the molecule is CC(C)(C)CNc1cc2n[nH]c(=O)n2cn1. The molecule has 0 saturated heterocycles. The molecule has 0 aliphatic carbocycles. The van der Waals surface area contributed by atoms with Crippen LogP contribution in [-0.4, -0.2) is 26.1 Å². The van der Waals surface area contributed by atoms with Crippen LogP contribution < -0.4 is 11.0 Å². The van der Waals surface area contributed by atoms with Crippen LogP contribution in [0, 0.1) is 5.41 Å². The van der Waals surface area contributed by atoms with E-state index in [0.29, 0.717) is 5.65 Å². The third kappa shape index (κ3) is 2.21. The predicted octanol–water partition coefficient (Wildman–Crippen LogP) is 0.876. The highest BCUT2D eigenvalue weighted by molar-refractivity contribution is 5.48. The van der Waals surface area contributed by atoms with Gasteiger partial charge in [-0.2, -0.15) is 5.10 Å². The van der Waals surface area contributed by atoms with Gasteiger partial charge < -0.3 is 5.32 Å². The van der Waals surface area contributed by atoms with E-state index in [2.05, 4.69) is 41.3 Å². The molecule has 2 aromatic heterocycles. The number of hydrogen-bond donors (Lipinski definition) is 2. The van der Waals surface area contributed by atoms with Crippen molar-refractivity contribution in [1.82, 2.24) is 19.6 Å². The summed E-state index contributed by atoms with van der Waals surface area (Å²) < 4.78 is 1.36. The Hall–Kier alpha value is -1.85. The zero-order chi connectivity index (χ0) is 11.8. The van der Waals surface area contributed by atoms with Crippen molar-refractivity contribution in [2.75, 3.05) is 11.9 Å². The Morgan fingerprint density at radius 2 is 2.25 bits per heavy atom. The van der Waals surface area contributed by atoms with Gasteiger partial charge in [-0.15, -0.1) is 0 Å². The molecule has 2 N–H and O–H groups in total. The number of nitrogens with zero attached hydrogens (tertiary/aromatic N) is 3. The van der Waals surface area contributed by atoms with Crippen LogP contribution in [-0.2, 0) is 0 Å². The standard InChI is InChI=1S/C10H15N5O/c1-10(2,3)5-11-7-4-8-13-14-9(16)15(8)6-12-7/h4,6,11H,5H2,1-3H3,(H,14,16). The predicted molar refractivity (Wildman–Crippen MR) is 61.6 cm³/mol. The number of aromatic amines is 1. The van der Waals surface area contributed by atoms with Gasteiger partial charge in [-0.3, -0.25) is 0 Å². The molecule has 0 atom stereocenters. The van der Waals surface area contributed by atoms with E-state index in [1.807, 2.05) is 0 Å². The number of hydrogen-bond acceptors (Lipinski definition) is 4. The highest BCUT2D eigenvalue weighted by Crippen LogP contribution is 2.14. The first kappa shape index (κ1) is 10.7. The van der Waals surface area contributed by atoms with E-state index < -0.39 is 0 Å². The smallest absolute Gasteiger partial charge is 0.348 e. The van der Waals surface area contributed by atoms with E-state index in [-0.39, 0.29) is 11.1 Å². The number of rotatable bonds is 2. The summed E-state index contributed by atoms with van der Waals surface area (Å²) in [6, 6.07) is 1.74. The van der Waals surface area contributed by atoms with Gasteiger partial charge >= 0.3 is 5.69 Å². The molecule has 0 aromatic carbocycles. The van der Waals surface area contributed by atoms with Gasteiger partial charge in [0.1, 0.15) is 12.1 Å². The lowest BCUT2D eigenvalue weighted by atomic mass is 9.97. The van der Waals surface area contributed by atoms with E-state index in [1.165, 1.54) is 10.7 Å². The zero-order valence-electron chi connectivity index (χ0n) is 9.61. The fourth-order valence-corrected chi connectivity index (χ4v) is 1.26. The molecule has 16 heavy (non-hydrogen) atoms. The minimum Gasteiger partial charge on any atom is -0.369 e. The van der Waals surface area contributed by atoms with Crippen molar-refractivity contribution in [3.8, 4) is 0 Å². The molecule has 0 unspecified atom stereocenters. The topological polar surface area (TPSA) is 75.1 Å². The van der Waals surface area contributed by atoms with E-state index >= 15 is 0 Å². The van der Waals surface area contributed by atoms with E-state index in [9.17, 15) is 4.79 Å². The van der Waals surface area contributed by atoms with Crippen LogP contribution in [0.15, 0.2) is 17.2 Å². The van der Waals surface area contributed by atoms with E-state index in [0.717, 1.165) is 12.4 Å². The highest BCUT2D eigenvalue weighted by atomic mass is 16.1. The first-order valence-electron chi connectivity index (χ1n) is 5.12. The molecule has 6 nitrogen and oxygen atoms in total. The molecule has 0 bridgehead atoms. The molecule has 0 radical (unpaired) electrons. The number of nitrogens with one attached hydrogen (secondary N) is 2. The summed E-state index contributed by atoms with van der Waals surface area (Å²) in [4.78, 5) is 15.3. The van der Waals surface area contributed by atoms with Gasteiger partial charge in [-0.1, -0.05) is 20.8 Å². The molecule has 6 heteroatoms. The Morgan fingerprint density at radius 3 is 2.94 bits per heavy atom. The Morgan fingerprint density at radius 1 is 1.50 bits per heavy atom. The fraction of sp³-hybridized carbons (Fsp3) is 0.500. The second-order valence-corrected chi connectivity index (χ2v) is 4.95. The maximum Gasteiger partial charge on any atom is 0.348 e. The lowest BCUT2D eigenvalue weighted by Crippen LogP contribution is -2.20. The van der Waals surface area contributed by atoms with Crippen LogP contribution in [0.4, 0.5) is 5.82 Å². The quantitative estimate of drug-likeness (QED) is 0.789. The number of anilines is 1. The van der Waals surface area contributed by atoms with Gasteiger partial charge in [0.25, 0.3) is 0 Å². The molecular formula is C10H15N5O. The Balaban J connectivity index is 2.23. The van der Waals surface area contributed by atoms with Gasteiger partial charge in [-0.05, 0) is 5.41 Å². The Labute approximate surface area is 92.7 Å². The van der Waals surface area contributed by atoms with Crippen molar-refractivity contribution in [3.05, 3.63) is 22.9 Å². The number of fused-ring (bicyclic) bond motifs is 1. The highest BCUT2D eigenvalue weighted by Gasteiger charge is 2.10. The van der Waals surface area contributed by atoms with Crippen LogP contribution in [0.3, 0.4) is 0 Å². The van der Waals surface area contributed by atoms with Crippen LogP contribution in [0.25, 0.3) is 5.65 Å². The summed E-state index contributed by atoms with van der Waals surface area (Å²) in [6.07, 6.45) is 1.46. The molecule has 0 fully saturated rings. The molecule has 0 saturated carbocycles. The molecule has 0 aliphatic heterocycles. The summed E-state index contributed by atoms with van der Waals surface area (Å²) in [5, 5.41) is 9.44. The third-order valence-corrected chi connectivity index (χ3v) is 2.11.